The van der Waals surface area contributed by atoms with Crippen molar-refractivity contribution in [2.24, 2.45) is 0 Å². The van der Waals surface area contributed by atoms with E-state index in [4.69, 9.17) is 5.11 Å². The second-order valence-electron chi connectivity index (χ2n) is 4.64. The van der Waals surface area contributed by atoms with Crippen LogP contribution in [-0.4, -0.2) is 21.8 Å². The Morgan fingerprint density at radius 2 is 1.67 bits per heavy atom. The average Bonchev–Trinajstić information content (AvgIpc) is 2.96. The van der Waals surface area contributed by atoms with Gasteiger partial charge in [-0.2, -0.15) is 0 Å². The van der Waals surface area contributed by atoms with Gasteiger partial charge in [0.25, 0.3) is 0 Å². The molecule has 21 heavy (non-hydrogen) atoms. The second kappa shape index (κ2) is 5.18. The maximum absolute atomic E-state index is 12.4. The number of fused-ring (bicyclic) bond motifs is 1. The first-order valence-electron chi connectivity index (χ1n) is 6.20. The van der Waals surface area contributed by atoms with E-state index in [-0.39, 0.29) is 11.5 Å². The molecule has 0 bridgehead atoms. The second-order valence-corrected chi connectivity index (χ2v) is 5.56. The number of aromatic carboxylic acids is 1. The van der Waals surface area contributed by atoms with E-state index in [1.807, 2.05) is 24.3 Å². The van der Waals surface area contributed by atoms with Crippen molar-refractivity contribution in [3.63, 3.8) is 0 Å². The monoisotopic (exact) mass is 343 g/mol. The summed E-state index contributed by atoms with van der Waals surface area (Å²) in [6.45, 7) is 0. The zero-order valence-electron chi connectivity index (χ0n) is 10.8. The number of nitrogens with one attached hydrogen (secondary N) is 1. The maximum Gasteiger partial charge on any atom is 0.352 e. The molecule has 0 unspecified atom stereocenters. The van der Waals surface area contributed by atoms with Crippen LogP contribution in [0.2, 0.25) is 0 Å². The Hall–Kier alpha value is -2.40. The summed E-state index contributed by atoms with van der Waals surface area (Å²) < 4.78 is 0.978. The molecule has 1 aromatic heterocycles. The Kier molecular flexibility index (Phi) is 3.35. The lowest BCUT2D eigenvalue weighted by molar-refractivity contribution is 0.0691. The summed E-state index contributed by atoms with van der Waals surface area (Å²) >= 11 is 3.41. The molecule has 2 aromatic carbocycles. The Bertz CT molecular complexity index is 867. The van der Waals surface area contributed by atoms with E-state index >= 15 is 0 Å². The number of H-pyrrole nitrogens is 1. The molecule has 0 fully saturated rings. The quantitative estimate of drug-likeness (QED) is 0.709. The lowest BCUT2D eigenvalue weighted by Gasteiger charge is -2.02. The first-order chi connectivity index (χ1) is 10.0. The van der Waals surface area contributed by atoms with E-state index < -0.39 is 5.97 Å². The number of halogens is 1. The number of benzene rings is 2. The third kappa shape index (κ3) is 2.60. The van der Waals surface area contributed by atoms with Gasteiger partial charge in [0.05, 0.1) is 0 Å². The van der Waals surface area contributed by atoms with Gasteiger partial charge in [0.1, 0.15) is 5.69 Å². The molecule has 3 aromatic rings. The number of carboxylic acid groups (broad SMARTS) is 1. The predicted octanol–water partition coefficient (Wildman–Crippen LogP) is 3.86. The lowest BCUT2D eigenvalue weighted by atomic mass is 10.0. The van der Waals surface area contributed by atoms with Crippen LogP contribution in [0.25, 0.3) is 10.8 Å². The summed E-state index contributed by atoms with van der Waals surface area (Å²) in [4.78, 5) is 25.8. The molecular formula is C16H10BrNO3. The molecule has 0 aliphatic carbocycles. The third-order valence-electron chi connectivity index (χ3n) is 3.24. The van der Waals surface area contributed by atoms with Crippen molar-refractivity contribution in [2.75, 3.05) is 0 Å². The van der Waals surface area contributed by atoms with Crippen LogP contribution in [0.4, 0.5) is 0 Å². The lowest BCUT2D eigenvalue weighted by Crippen LogP contribution is -2.00. The molecule has 3 rings (SSSR count). The van der Waals surface area contributed by atoms with Crippen molar-refractivity contribution in [2.45, 2.75) is 0 Å². The van der Waals surface area contributed by atoms with Crippen molar-refractivity contribution in [3.05, 3.63) is 70.0 Å². The molecule has 0 amide bonds. The average molecular weight is 344 g/mol. The van der Waals surface area contributed by atoms with Gasteiger partial charge in [0, 0.05) is 21.8 Å². The van der Waals surface area contributed by atoms with E-state index in [0.29, 0.717) is 11.1 Å². The van der Waals surface area contributed by atoms with Crippen molar-refractivity contribution in [1.29, 1.82) is 0 Å². The number of carbonyl (C=O) groups excluding carboxylic acids is 1. The minimum atomic E-state index is -1.09. The zero-order valence-corrected chi connectivity index (χ0v) is 12.3. The minimum absolute atomic E-state index is 0.00284. The van der Waals surface area contributed by atoms with E-state index in [0.717, 1.165) is 15.2 Å². The van der Waals surface area contributed by atoms with Crippen molar-refractivity contribution in [3.8, 4) is 0 Å². The highest BCUT2D eigenvalue weighted by molar-refractivity contribution is 9.10. The number of rotatable bonds is 3. The largest absolute Gasteiger partial charge is 0.477 e. The third-order valence-corrected chi connectivity index (χ3v) is 3.73. The number of carboxylic acids is 1. The van der Waals surface area contributed by atoms with E-state index in [2.05, 4.69) is 20.9 Å². The van der Waals surface area contributed by atoms with Crippen LogP contribution in [0.3, 0.4) is 0 Å². The molecule has 104 valence electrons. The van der Waals surface area contributed by atoms with Gasteiger partial charge in [0.2, 0.25) is 0 Å². The first kappa shape index (κ1) is 13.6. The molecule has 0 aliphatic heterocycles. The van der Waals surface area contributed by atoms with Crippen LogP contribution in [0.5, 0.6) is 0 Å². The van der Waals surface area contributed by atoms with Gasteiger partial charge in [-0.25, -0.2) is 4.79 Å². The van der Waals surface area contributed by atoms with Gasteiger partial charge < -0.3 is 10.1 Å². The Balaban J connectivity index is 2.00. The highest BCUT2D eigenvalue weighted by Crippen LogP contribution is 2.22. The van der Waals surface area contributed by atoms with Gasteiger partial charge in [-0.15, -0.1) is 0 Å². The van der Waals surface area contributed by atoms with Gasteiger partial charge in [0.15, 0.2) is 5.78 Å². The summed E-state index contributed by atoms with van der Waals surface area (Å²) in [5, 5.41) is 10.9. The van der Waals surface area contributed by atoms with Crippen LogP contribution >= 0.6 is 15.9 Å². The van der Waals surface area contributed by atoms with Crippen molar-refractivity contribution >= 4 is 38.5 Å². The van der Waals surface area contributed by atoms with E-state index in [9.17, 15) is 9.59 Å². The Morgan fingerprint density at radius 3 is 2.38 bits per heavy atom. The van der Waals surface area contributed by atoms with Crippen LogP contribution in [0.1, 0.15) is 26.4 Å². The predicted molar refractivity (Wildman–Crippen MR) is 82.8 cm³/mol. The highest BCUT2D eigenvalue weighted by atomic mass is 79.9. The Morgan fingerprint density at radius 1 is 0.952 bits per heavy atom. The molecular weight excluding hydrogens is 334 g/mol. The minimum Gasteiger partial charge on any atom is -0.477 e. The fourth-order valence-electron chi connectivity index (χ4n) is 2.17. The van der Waals surface area contributed by atoms with Crippen molar-refractivity contribution < 1.29 is 14.7 Å². The molecule has 0 saturated heterocycles. The summed E-state index contributed by atoms with van der Waals surface area (Å²) in [6, 6.07) is 12.6. The number of hydrogen-bond acceptors (Lipinski definition) is 2. The number of ketones is 1. The highest BCUT2D eigenvalue weighted by Gasteiger charge is 2.14. The molecule has 0 saturated carbocycles. The van der Waals surface area contributed by atoms with Gasteiger partial charge in [-0.05, 0) is 35.0 Å². The fourth-order valence-corrected chi connectivity index (χ4v) is 2.55. The standard InChI is InChI=1S/C16H10BrNO3/c17-13-4-3-9-5-11(2-1-10(9)6-13)15(19)12-7-14(16(20)21)18-8-12/h1-8,18H,(H,20,21). The molecule has 0 spiro atoms. The van der Waals surface area contributed by atoms with Crippen LogP contribution in [0.15, 0.2) is 53.1 Å². The SMILES string of the molecule is O=C(c1c[nH]c(C(=O)O)c1)c1ccc2cc(Br)ccc2c1. The molecule has 5 heteroatoms. The first-order valence-corrected chi connectivity index (χ1v) is 6.99. The molecule has 0 radical (unpaired) electrons. The number of carbonyl (C=O) groups is 2. The zero-order chi connectivity index (χ0) is 15.0. The Labute approximate surface area is 128 Å². The summed E-state index contributed by atoms with van der Waals surface area (Å²) in [6.07, 6.45) is 1.41. The molecule has 2 N–H and O–H groups in total. The van der Waals surface area contributed by atoms with Gasteiger partial charge in [-0.3, -0.25) is 4.79 Å². The fraction of sp³-hybridized carbons (Fsp3) is 0. The number of aromatic amines is 1. The van der Waals surface area contributed by atoms with E-state index in [1.165, 1.54) is 12.3 Å². The summed E-state index contributed by atoms with van der Waals surface area (Å²) in [5.74, 6) is -1.29. The smallest absolute Gasteiger partial charge is 0.352 e. The van der Waals surface area contributed by atoms with Crippen molar-refractivity contribution in [1.82, 2.24) is 4.98 Å². The van der Waals surface area contributed by atoms with E-state index in [1.54, 1.807) is 12.1 Å². The normalized spacial score (nSPS) is 10.7. The molecule has 0 atom stereocenters. The summed E-state index contributed by atoms with van der Waals surface area (Å²) in [7, 11) is 0. The van der Waals surface area contributed by atoms with Crippen LogP contribution in [0, 0.1) is 0 Å². The summed E-state index contributed by atoms with van der Waals surface area (Å²) in [5.41, 5.74) is 0.868. The number of hydrogen-bond donors (Lipinski definition) is 2. The molecule has 1 heterocycles. The van der Waals surface area contributed by atoms with Crippen LogP contribution < -0.4 is 0 Å². The van der Waals surface area contributed by atoms with Gasteiger partial charge in [-0.1, -0.05) is 34.1 Å². The topological polar surface area (TPSA) is 70.2 Å². The number of aromatic nitrogens is 1. The molecule has 4 nitrogen and oxygen atoms in total. The van der Waals surface area contributed by atoms with Crippen LogP contribution in [-0.2, 0) is 0 Å². The van der Waals surface area contributed by atoms with Gasteiger partial charge >= 0.3 is 5.97 Å². The molecule has 0 aliphatic rings. The maximum atomic E-state index is 12.4.